The lowest BCUT2D eigenvalue weighted by Crippen LogP contribution is -2.24. The zero-order valence-electron chi connectivity index (χ0n) is 14.4. The molecule has 0 atom stereocenters. The van der Waals surface area contributed by atoms with Gasteiger partial charge in [0, 0.05) is 30.4 Å². The lowest BCUT2D eigenvalue weighted by molar-refractivity contribution is -0.116. The molecule has 0 saturated heterocycles. The fourth-order valence-electron chi connectivity index (χ4n) is 2.96. The van der Waals surface area contributed by atoms with Crippen LogP contribution in [0.4, 0.5) is 5.69 Å². The largest absolute Gasteiger partial charge is 0.326 e. The Bertz CT molecular complexity index is 1090. The number of benzene rings is 2. The van der Waals surface area contributed by atoms with E-state index < -0.39 is 10.0 Å². The second kappa shape index (κ2) is 6.98. The van der Waals surface area contributed by atoms with Crippen molar-refractivity contribution in [2.45, 2.75) is 24.3 Å². The van der Waals surface area contributed by atoms with E-state index in [2.05, 4.69) is 15.1 Å². The highest BCUT2D eigenvalue weighted by atomic mass is 32.2. The SMILES string of the molecule is O=C1CCc2cc(S(=O)(=O)NCc3cnn(-c4ccccc4)c3)ccc2N1. The van der Waals surface area contributed by atoms with Gasteiger partial charge in [-0.3, -0.25) is 4.79 Å². The van der Waals surface area contributed by atoms with Crippen LogP contribution in [0.1, 0.15) is 17.5 Å². The summed E-state index contributed by atoms with van der Waals surface area (Å²) in [5.74, 6) is -0.0494. The Morgan fingerprint density at radius 2 is 1.93 bits per heavy atom. The molecule has 0 fully saturated rings. The van der Waals surface area contributed by atoms with Gasteiger partial charge < -0.3 is 5.32 Å². The number of amides is 1. The third-order valence-electron chi connectivity index (χ3n) is 4.41. The van der Waals surface area contributed by atoms with Crippen molar-refractivity contribution < 1.29 is 13.2 Å². The number of nitrogens with zero attached hydrogens (tertiary/aromatic N) is 2. The Labute approximate surface area is 157 Å². The molecule has 1 amide bonds. The maximum atomic E-state index is 12.6. The molecule has 0 aliphatic carbocycles. The highest BCUT2D eigenvalue weighted by Gasteiger charge is 2.20. The van der Waals surface area contributed by atoms with E-state index in [1.54, 1.807) is 29.2 Å². The van der Waals surface area contributed by atoms with E-state index in [4.69, 9.17) is 0 Å². The fraction of sp³-hybridized carbons (Fsp3) is 0.158. The Hall–Kier alpha value is -2.97. The van der Waals surface area contributed by atoms with Crippen LogP contribution < -0.4 is 10.0 Å². The van der Waals surface area contributed by atoms with Gasteiger partial charge in [0.05, 0.1) is 16.8 Å². The second-order valence-corrected chi connectivity index (χ2v) is 8.09. The van der Waals surface area contributed by atoms with E-state index in [1.807, 2.05) is 30.3 Å². The number of carbonyl (C=O) groups is 1. The lowest BCUT2D eigenvalue weighted by Gasteiger charge is -2.17. The number of hydrogen-bond donors (Lipinski definition) is 2. The topological polar surface area (TPSA) is 93.1 Å². The average Bonchev–Trinajstić information content (AvgIpc) is 3.16. The molecule has 0 bridgehead atoms. The summed E-state index contributed by atoms with van der Waals surface area (Å²) in [5, 5.41) is 7.02. The predicted molar refractivity (Wildman–Crippen MR) is 101 cm³/mol. The monoisotopic (exact) mass is 382 g/mol. The first-order chi connectivity index (χ1) is 13.0. The number of fused-ring (bicyclic) bond motifs is 1. The zero-order chi connectivity index (χ0) is 18.9. The van der Waals surface area contributed by atoms with Crippen LogP contribution >= 0.6 is 0 Å². The van der Waals surface area contributed by atoms with Gasteiger partial charge in [0.2, 0.25) is 15.9 Å². The maximum absolute atomic E-state index is 12.6. The summed E-state index contributed by atoms with van der Waals surface area (Å²) in [5.41, 5.74) is 3.17. The number of sulfonamides is 1. The van der Waals surface area contributed by atoms with Crippen LogP contribution in [0.15, 0.2) is 65.8 Å². The molecule has 0 radical (unpaired) electrons. The molecule has 1 aliphatic heterocycles. The van der Waals surface area contributed by atoms with Crippen molar-refractivity contribution in [1.29, 1.82) is 0 Å². The quantitative estimate of drug-likeness (QED) is 0.708. The number of anilines is 1. The Kier molecular flexibility index (Phi) is 4.51. The Balaban J connectivity index is 1.48. The number of rotatable bonds is 5. The molecule has 2 N–H and O–H groups in total. The lowest BCUT2D eigenvalue weighted by atomic mass is 10.0. The van der Waals surface area contributed by atoms with Crippen molar-refractivity contribution in [3.63, 3.8) is 0 Å². The van der Waals surface area contributed by atoms with Crippen molar-refractivity contribution >= 4 is 21.6 Å². The van der Waals surface area contributed by atoms with E-state index in [-0.39, 0.29) is 17.3 Å². The van der Waals surface area contributed by atoms with Gasteiger partial charge in [-0.1, -0.05) is 18.2 Å². The molecular formula is C19H18N4O3S. The minimum Gasteiger partial charge on any atom is -0.326 e. The van der Waals surface area contributed by atoms with E-state index >= 15 is 0 Å². The van der Waals surface area contributed by atoms with Crippen LogP contribution in [0, 0.1) is 0 Å². The summed E-state index contributed by atoms with van der Waals surface area (Å²) in [6, 6.07) is 14.3. The van der Waals surface area contributed by atoms with Crippen LogP contribution in [0.5, 0.6) is 0 Å². The van der Waals surface area contributed by atoms with Crippen molar-refractivity contribution in [1.82, 2.24) is 14.5 Å². The molecule has 138 valence electrons. The van der Waals surface area contributed by atoms with E-state index in [1.165, 1.54) is 6.07 Å². The molecule has 27 heavy (non-hydrogen) atoms. The van der Waals surface area contributed by atoms with Gasteiger partial charge in [-0.05, 0) is 42.3 Å². The second-order valence-electron chi connectivity index (χ2n) is 6.32. The van der Waals surface area contributed by atoms with E-state index in [9.17, 15) is 13.2 Å². The zero-order valence-corrected chi connectivity index (χ0v) is 15.2. The molecular weight excluding hydrogens is 364 g/mol. The Morgan fingerprint density at radius 3 is 2.74 bits per heavy atom. The van der Waals surface area contributed by atoms with Crippen molar-refractivity contribution in [2.75, 3.05) is 5.32 Å². The number of aromatic nitrogens is 2. The van der Waals surface area contributed by atoms with Gasteiger partial charge in [0.1, 0.15) is 0 Å². The first kappa shape index (κ1) is 17.4. The number of nitrogens with one attached hydrogen (secondary N) is 2. The summed E-state index contributed by atoms with van der Waals surface area (Å²) in [7, 11) is -3.66. The van der Waals surface area contributed by atoms with Crippen LogP contribution in [-0.4, -0.2) is 24.1 Å². The molecule has 2 heterocycles. The molecule has 0 unspecified atom stereocenters. The fourth-order valence-corrected chi connectivity index (χ4v) is 4.03. The minimum absolute atomic E-state index is 0.0494. The van der Waals surface area contributed by atoms with Gasteiger partial charge in [0.25, 0.3) is 0 Å². The van der Waals surface area contributed by atoms with E-state index in [0.29, 0.717) is 18.5 Å². The number of hydrogen-bond acceptors (Lipinski definition) is 4. The van der Waals surface area contributed by atoms with Crippen LogP contribution in [0.2, 0.25) is 0 Å². The summed E-state index contributed by atoms with van der Waals surface area (Å²) in [4.78, 5) is 11.6. The molecule has 8 heteroatoms. The van der Waals surface area contributed by atoms with Crippen LogP contribution in [0.25, 0.3) is 5.69 Å². The average molecular weight is 382 g/mol. The smallest absolute Gasteiger partial charge is 0.240 e. The summed E-state index contributed by atoms with van der Waals surface area (Å²) >= 11 is 0. The summed E-state index contributed by atoms with van der Waals surface area (Å²) in [6.45, 7) is 0.142. The molecule has 2 aromatic carbocycles. The number of para-hydroxylation sites is 1. The minimum atomic E-state index is -3.66. The Morgan fingerprint density at radius 1 is 1.11 bits per heavy atom. The molecule has 7 nitrogen and oxygen atoms in total. The summed E-state index contributed by atoms with van der Waals surface area (Å²) < 4.78 is 29.5. The first-order valence-corrected chi connectivity index (χ1v) is 10.0. The molecule has 1 aliphatic rings. The van der Waals surface area contributed by atoms with Crippen LogP contribution in [0.3, 0.4) is 0 Å². The van der Waals surface area contributed by atoms with Gasteiger partial charge in [-0.15, -0.1) is 0 Å². The number of aryl methyl sites for hydroxylation is 1. The van der Waals surface area contributed by atoms with Crippen molar-refractivity contribution in [3.05, 3.63) is 72.1 Å². The van der Waals surface area contributed by atoms with Crippen molar-refractivity contribution in [3.8, 4) is 5.69 Å². The first-order valence-electron chi connectivity index (χ1n) is 8.53. The van der Waals surface area contributed by atoms with Gasteiger partial charge >= 0.3 is 0 Å². The van der Waals surface area contributed by atoms with Crippen molar-refractivity contribution in [2.24, 2.45) is 0 Å². The van der Waals surface area contributed by atoms with E-state index in [0.717, 1.165) is 16.8 Å². The third-order valence-corrected chi connectivity index (χ3v) is 5.80. The molecule has 3 aromatic rings. The maximum Gasteiger partial charge on any atom is 0.240 e. The highest BCUT2D eigenvalue weighted by Crippen LogP contribution is 2.25. The van der Waals surface area contributed by atoms with Gasteiger partial charge in [0.15, 0.2) is 0 Å². The molecule has 1 aromatic heterocycles. The highest BCUT2D eigenvalue weighted by molar-refractivity contribution is 7.89. The summed E-state index contributed by atoms with van der Waals surface area (Å²) in [6.07, 6.45) is 4.33. The number of carbonyl (C=O) groups excluding carboxylic acids is 1. The van der Waals surface area contributed by atoms with Gasteiger partial charge in [-0.2, -0.15) is 5.10 Å². The van der Waals surface area contributed by atoms with Gasteiger partial charge in [-0.25, -0.2) is 17.8 Å². The molecule has 0 saturated carbocycles. The standard InChI is InChI=1S/C19H18N4O3S/c24-19-9-6-15-10-17(7-8-18(15)22-19)27(25,26)21-12-14-11-20-23(13-14)16-4-2-1-3-5-16/h1-5,7-8,10-11,13,21H,6,9,12H2,(H,22,24). The third kappa shape index (κ3) is 3.76. The normalized spacial score (nSPS) is 13.9. The predicted octanol–water partition coefficient (Wildman–Crippen LogP) is 2.24. The molecule has 4 rings (SSSR count). The molecule has 0 spiro atoms. The van der Waals surface area contributed by atoms with Crippen LogP contribution in [-0.2, 0) is 27.8 Å².